The number of aromatic nitrogens is 1. The Hall–Kier alpha value is -2.18. The lowest BCUT2D eigenvalue weighted by Crippen LogP contribution is -2.62. The average molecular weight is 293 g/mol. The molecule has 21 heavy (non-hydrogen) atoms. The molecule has 3 heterocycles. The van der Waals surface area contributed by atoms with Gasteiger partial charge in [-0.3, -0.25) is 14.7 Å². The summed E-state index contributed by atoms with van der Waals surface area (Å²) in [6.45, 7) is 3.36. The number of fused-ring (bicyclic) bond motifs is 1. The number of halogens is 1. The van der Waals surface area contributed by atoms with E-state index in [4.69, 9.17) is 4.74 Å². The van der Waals surface area contributed by atoms with Crippen molar-refractivity contribution >= 4 is 12.0 Å². The molecule has 2 amide bonds. The Bertz CT molecular complexity index is 595. The molecule has 0 bridgehead atoms. The number of amides is 2. The number of cyclic esters (lactones) is 1. The predicted molar refractivity (Wildman–Crippen MR) is 71.2 cm³/mol. The number of hydrogen-bond donors (Lipinski definition) is 0. The Morgan fingerprint density at radius 2 is 2.33 bits per heavy atom. The van der Waals surface area contributed by atoms with Crippen molar-refractivity contribution in [2.24, 2.45) is 0 Å². The van der Waals surface area contributed by atoms with Crippen molar-refractivity contribution in [1.29, 1.82) is 0 Å². The highest BCUT2D eigenvalue weighted by Crippen LogP contribution is 2.32. The smallest absolute Gasteiger partial charge is 0.410 e. The van der Waals surface area contributed by atoms with E-state index in [0.29, 0.717) is 26.1 Å². The predicted octanol–water partition coefficient (Wildman–Crippen LogP) is 1.28. The van der Waals surface area contributed by atoms with Crippen LogP contribution in [0.15, 0.2) is 18.5 Å². The standard InChI is InChI=1S/C14H16FN3O3/c1-2-14-8-17(5-6-18(14)13(20)21-9-14)12(19)10-3-4-16-7-11(10)15/h3-4,7H,2,5-6,8-9H2,1H3. The van der Waals surface area contributed by atoms with Gasteiger partial charge >= 0.3 is 6.09 Å². The molecule has 1 unspecified atom stereocenters. The number of rotatable bonds is 2. The summed E-state index contributed by atoms with van der Waals surface area (Å²) in [6, 6.07) is 1.37. The van der Waals surface area contributed by atoms with Gasteiger partial charge < -0.3 is 9.64 Å². The Balaban J connectivity index is 1.84. The van der Waals surface area contributed by atoms with E-state index in [0.717, 1.165) is 6.20 Å². The van der Waals surface area contributed by atoms with Gasteiger partial charge in [0.2, 0.25) is 0 Å². The van der Waals surface area contributed by atoms with Crippen LogP contribution in [0.2, 0.25) is 0 Å². The molecule has 0 N–H and O–H groups in total. The van der Waals surface area contributed by atoms with Crippen molar-refractivity contribution in [2.45, 2.75) is 18.9 Å². The Labute approximate surface area is 121 Å². The first-order chi connectivity index (χ1) is 10.1. The van der Waals surface area contributed by atoms with E-state index in [9.17, 15) is 14.0 Å². The van der Waals surface area contributed by atoms with E-state index in [1.165, 1.54) is 12.3 Å². The third-order valence-corrected chi connectivity index (χ3v) is 4.28. The third kappa shape index (κ3) is 2.12. The number of pyridine rings is 1. The molecule has 3 rings (SSSR count). The van der Waals surface area contributed by atoms with Gasteiger partial charge in [0.1, 0.15) is 6.61 Å². The number of ether oxygens (including phenoxy) is 1. The lowest BCUT2D eigenvalue weighted by Gasteiger charge is -2.44. The highest BCUT2D eigenvalue weighted by atomic mass is 19.1. The van der Waals surface area contributed by atoms with Crippen LogP contribution in [-0.2, 0) is 4.74 Å². The van der Waals surface area contributed by atoms with Gasteiger partial charge in [-0.2, -0.15) is 0 Å². The Kier molecular flexibility index (Phi) is 3.27. The molecule has 7 heteroatoms. The first kappa shape index (κ1) is 13.8. The van der Waals surface area contributed by atoms with Crippen molar-refractivity contribution in [3.63, 3.8) is 0 Å². The summed E-state index contributed by atoms with van der Waals surface area (Å²) in [5, 5.41) is 0. The summed E-state index contributed by atoms with van der Waals surface area (Å²) in [7, 11) is 0. The molecule has 0 aliphatic carbocycles. The van der Waals surface area contributed by atoms with Gasteiger partial charge in [-0.15, -0.1) is 0 Å². The van der Waals surface area contributed by atoms with Crippen LogP contribution in [0.1, 0.15) is 23.7 Å². The van der Waals surface area contributed by atoms with E-state index in [-0.39, 0.29) is 24.2 Å². The van der Waals surface area contributed by atoms with Gasteiger partial charge in [0, 0.05) is 25.8 Å². The molecule has 2 aliphatic heterocycles. The Morgan fingerprint density at radius 1 is 1.52 bits per heavy atom. The van der Waals surface area contributed by atoms with Gasteiger partial charge in [-0.25, -0.2) is 9.18 Å². The van der Waals surface area contributed by atoms with Crippen molar-refractivity contribution in [3.05, 3.63) is 29.8 Å². The second-order valence-corrected chi connectivity index (χ2v) is 5.37. The van der Waals surface area contributed by atoms with Gasteiger partial charge in [0.25, 0.3) is 5.91 Å². The van der Waals surface area contributed by atoms with Crippen LogP contribution < -0.4 is 0 Å². The van der Waals surface area contributed by atoms with Crippen LogP contribution >= 0.6 is 0 Å². The quantitative estimate of drug-likeness (QED) is 0.824. The minimum atomic E-state index is -0.630. The third-order valence-electron chi connectivity index (χ3n) is 4.28. The number of nitrogens with zero attached hydrogens (tertiary/aromatic N) is 3. The fourth-order valence-electron chi connectivity index (χ4n) is 2.96. The van der Waals surface area contributed by atoms with Crippen LogP contribution in [0.4, 0.5) is 9.18 Å². The van der Waals surface area contributed by atoms with E-state index in [1.54, 1.807) is 9.80 Å². The molecular formula is C14H16FN3O3. The lowest BCUT2D eigenvalue weighted by atomic mass is 9.92. The highest BCUT2D eigenvalue weighted by Gasteiger charge is 2.50. The molecule has 6 nitrogen and oxygen atoms in total. The zero-order valence-corrected chi connectivity index (χ0v) is 11.7. The highest BCUT2D eigenvalue weighted by molar-refractivity contribution is 5.94. The van der Waals surface area contributed by atoms with Crippen molar-refractivity contribution in [1.82, 2.24) is 14.8 Å². The molecule has 0 saturated carbocycles. The number of carbonyl (C=O) groups excluding carboxylic acids is 2. The van der Waals surface area contributed by atoms with E-state index in [2.05, 4.69) is 4.98 Å². The van der Waals surface area contributed by atoms with Crippen LogP contribution in [0.3, 0.4) is 0 Å². The fraction of sp³-hybridized carbons (Fsp3) is 0.500. The zero-order valence-electron chi connectivity index (χ0n) is 11.7. The SMILES string of the molecule is CCC12COC(=O)N1CCN(C(=O)c1ccncc1F)C2. The summed E-state index contributed by atoms with van der Waals surface area (Å²) in [4.78, 5) is 31.1. The number of hydrogen-bond acceptors (Lipinski definition) is 4. The molecular weight excluding hydrogens is 277 g/mol. The second-order valence-electron chi connectivity index (χ2n) is 5.37. The maximum Gasteiger partial charge on any atom is 0.410 e. The summed E-state index contributed by atoms with van der Waals surface area (Å²) < 4.78 is 18.8. The van der Waals surface area contributed by atoms with Crippen molar-refractivity contribution < 1.29 is 18.7 Å². The largest absolute Gasteiger partial charge is 0.447 e. The monoisotopic (exact) mass is 293 g/mol. The Morgan fingerprint density at radius 3 is 3.05 bits per heavy atom. The van der Waals surface area contributed by atoms with Crippen LogP contribution in [0, 0.1) is 5.82 Å². The first-order valence-electron chi connectivity index (χ1n) is 6.90. The van der Waals surface area contributed by atoms with Crippen molar-refractivity contribution in [2.75, 3.05) is 26.2 Å². The summed E-state index contributed by atoms with van der Waals surface area (Å²) in [5.41, 5.74) is -0.482. The van der Waals surface area contributed by atoms with E-state index in [1.807, 2.05) is 6.92 Å². The molecule has 1 aromatic heterocycles. The van der Waals surface area contributed by atoms with Gasteiger partial charge in [0.15, 0.2) is 5.82 Å². The summed E-state index contributed by atoms with van der Waals surface area (Å²) >= 11 is 0. The van der Waals surface area contributed by atoms with Crippen LogP contribution in [0.25, 0.3) is 0 Å². The maximum atomic E-state index is 13.7. The zero-order chi connectivity index (χ0) is 15.0. The van der Waals surface area contributed by atoms with Crippen LogP contribution in [0.5, 0.6) is 0 Å². The van der Waals surface area contributed by atoms with Gasteiger partial charge in [-0.05, 0) is 12.5 Å². The van der Waals surface area contributed by atoms with Gasteiger partial charge in [-0.1, -0.05) is 6.92 Å². The molecule has 2 saturated heterocycles. The number of carbonyl (C=O) groups is 2. The molecule has 2 aliphatic rings. The summed E-state index contributed by atoms with van der Waals surface area (Å²) in [5.74, 6) is -1.00. The molecule has 0 radical (unpaired) electrons. The van der Waals surface area contributed by atoms with E-state index < -0.39 is 11.4 Å². The fourth-order valence-corrected chi connectivity index (χ4v) is 2.96. The normalized spacial score (nSPS) is 24.8. The molecule has 0 spiro atoms. The minimum absolute atomic E-state index is 0.00921. The van der Waals surface area contributed by atoms with Crippen LogP contribution in [-0.4, -0.2) is 58.6 Å². The second kappa shape index (κ2) is 4.98. The summed E-state index contributed by atoms with van der Waals surface area (Å²) in [6.07, 6.45) is 2.77. The first-order valence-corrected chi connectivity index (χ1v) is 6.90. The molecule has 112 valence electrons. The minimum Gasteiger partial charge on any atom is -0.447 e. The number of piperazine rings is 1. The average Bonchev–Trinajstić information content (AvgIpc) is 2.84. The van der Waals surface area contributed by atoms with Crippen molar-refractivity contribution in [3.8, 4) is 0 Å². The molecule has 1 aromatic rings. The lowest BCUT2D eigenvalue weighted by molar-refractivity contribution is 0.0358. The molecule has 0 aromatic carbocycles. The van der Waals surface area contributed by atoms with Gasteiger partial charge in [0.05, 0.1) is 17.3 Å². The van der Waals surface area contributed by atoms with E-state index >= 15 is 0 Å². The molecule has 2 fully saturated rings. The topological polar surface area (TPSA) is 62.7 Å². The maximum absolute atomic E-state index is 13.7. The molecule has 1 atom stereocenters.